The molecular weight excluding hydrogens is 460 g/mol. The first-order valence-corrected chi connectivity index (χ1v) is 11.3. The number of fused-ring (bicyclic) bond motifs is 3. The summed E-state index contributed by atoms with van der Waals surface area (Å²) in [6, 6.07) is 17.5. The minimum Gasteiger partial charge on any atom is -0.493 e. The first-order valence-electron chi connectivity index (χ1n) is 11.3. The minimum atomic E-state index is -0.518. The molecule has 0 N–H and O–H groups in total. The summed E-state index contributed by atoms with van der Waals surface area (Å²) in [5.74, 6) is -0.0861. The Morgan fingerprint density at radius 3 is 2.17 bits per heavy atom. The van der Waals surface area contributed by atoms with E-state index in [1.807, 2.05) is 31.2 Å². The summed E-state index contributed by atoms with van der Waals surface area (Å²) in [6.07, 6.45) is 2.28. The van der Waals surface area contributed by atoms with Crippen molar-refractivity contribution in [3.05, 3.63) is 103 Å². The summed E-state index contributed by atoms with van der Waals surface area (Å²) >= 11 is 0. The molecule has 0 fully saturated rings. The first-order chi connectivity index (χ1) is 17.4. The van der Waals surface area contributed by atoms with Gasteiger partial charge < -0.3 is 18.9 Å². The van der Waals surface area contributed by atoms with Gasteiger partial charge in [-0.25, -0.2) is 9.59 Å². The van der Waals surface area contributed by atoms with Crippen LogP contribution in [0.5, 0.6) is 17.2 Å². The maximum Gasteiger partial charge on any atom is 0.343 e. The maximum atomic E-state index is 12.8. The van der Waals surface area contributed by atoms with Crippen LogP contribution in [0.4, 0.5) is 0 Å². The van der Waals surface area contributed by atoms with Crippen molar-refractivity contribution in [2.45, 2.75) is 19.3 Å². The minimum absolute atomic E-state index is 0.00493. The Bertz CT molecular complexity index is 1340. The predicted molar refractivity (Wildman–Crippen MR) is 133 cm³/mol. The molecule has 0 amide bonds. The highest BCUT2D eigenvalue weighted by molar-refractivity contribution is 5.93. The molecule has 3 aromatic rings. The fraction of sp³-hybridized carbons (Fsp3) is 0.138. The van der Waals surface area contributed by atoms with Crippen LogP contribution in [-0.2, 0) is 14.3 Å². The van der Waals surface area contributed by atoms with Crippen LogP contribution in [0.25, 0.3) is 11.1 Å². The molecule has 0 aromatic heterocycles. The van der Waals surface area contributed by atoms with Crippen molar-refractivity contribution >= 4 is 17.9 Å². The molecule has 4 rings (SSSR count). The third-order valence-electron chi connectivity index (χ3n) is 5.74. The van der Waals surface area contributed by atoms with E-state index in [1.54, 1.807) is 36.4 Å². The van der Waals surface area contributed by atoms with Gasteiger partial charge in [0.15, 0.2) is 0 Å². The van der Waals surface area contributed by atoms with Gasteiger partial charge in [0.1, 0.15) is 17.2 Å². The third-order valence-corrected chi connectivity index (χ3v) is 5.74. The highest BCUT2D eigenvalue weighted by Gasteiger charge is 2.27. The molecule has 182 valence electrons. The van der Waals surface area contributed by atoms with E-state index in [2.05, 4.69) is 17.9 Å². The summed E-state index contributed by atoms with van der Waals surface area (Å²) in [6.45, 7) is 8.93. The van der Waals surface area contributed by atoms with Crippen LogP contribution in [0.3, 0.4) is 0 Å². The lowest BCUT2D eigenvalue weighted by Crippen LogP contribution is -2.09. The molecule has 7 heteroatoms. The average molecular weight is 485 g/mol. The average Bonchev–Trinajstić information content (AvgIpc) is 3.16. The smallest absolute Gasteiger partial charge is 0.343 e. The number of esters is 3. The SMILES string of the molecule is C=COC(=O)CCOc1ccc(OC(=O)c2ccc3c(c2)C(C)c2cc(OC(=O)C=C)ccc2-3)cc1. The summed E-state index contributed by atoms with van der Waals surface area (Å²) < 4.78 is 20.9. The van der Waals surface area contributed by atoms with Crippen molar-refractivity contribution in [1.29, 1.82) is 0 Å². The van der Waals surface area contributed by atoms with Crippen molar-refractivity contribution in [2.24, 2.45) is 0 Å². The molecule has 0 radical (unpaired) electrons. The van der Waals surface area contributed by atoms with Gasteiger partial charge in [0.05, 0.1) is 24.9 Å². The molecule has 0 saturated heterocycles. The van der Waals surface area contributed by atoms with E-state index in [4.69, 9.17) is 14.2 Å². The molecule has 1 atom stereocenters. The van der Waals surface area contributed by atoms with Gasteiger partial charge in [-0.2, -0.15) is 0 Å². The zero-order valence-corrected chi connectivity index (χ0v) is 19.7. The number of carbonyl (C=O) groups excluding carboxylic acids is 3. The van der Waals surface area contributed by atoms with Crippen molar-refractivity contribution in [2.75, 3.05) is 6.61 Å². The fourth-order valence-electron chi connectivity index (χ4n) is 4.00. The number of hydrogen-bond acceptors (Lipinski definition) is 7. The first kappa shape index (κ1) is 24.5. The normalized spacial score (nSPS) is 13.1. The van der Waals surface area contributed by atoms with E-state index in [0.29, 0.717) is 22.8 Å². The van der Waals surface area contributed by atoms with Crippen LogP contribution in [-0.4, -0.2) is 24.5 Å². The monoisotopic (exact) mass is 484 g/mol. The largest absolute Gasteiger partial charge is 0.493 e. The van der Waals surface area contributed by atoms with E-state index < -0.39 is 17.9 Å². The Morgan fingerprint density at radius 2 is 1.47 bits per heavy atom. The molecule has 0 saturated carbocycles. The van der Waals surface area contributed by atoms with Crippen LogP contribution in [0, 0.1) is 0 Å². The molecule has 0 heterocycles. The number of hydrogen-bond donors (Lipinski definition) is 0. The van der Waals surface area contributed by atoms with E-state index in [0.717, 1.165) is 34.6 Å². The zero-order chi connectivity index (χ0) is 25.7. The zero-order valence-electron chi connectivity index (χ0n) is 19.7. The van der Waals surface area contributed by atoms with Crippen LogP contribution < -0.4 is 14.2 Å². The van der Waals surface area contributed by atoms with Crippen LogP contribution >= 0.6 is 0 Å². The fourth-order valence-corrected chi connectivity index (χ4v) is 4.00. The Balaban J connectivity index is 1.41. The van der Waals surface area contributed by atoms with Crippen molar-refractivity contribution < 1.29 is 33.3 Å². The van der Waals surface area contributed by atoms with Crippen LogP contribution in [0.15, 0.2) is 86.2 Å². The Kier molecular flexibility index (Phi) is 7.30. The van der Waals surface area contributed by atoms with Gasteiger partial charge in [-0.15, -0.1) is 0 Å². The van der Waals surface area contributed by atoms with Gasteiger partial charge in [0.2, 0.25) is 0 Å². The van der Waals surface area contributed by atoms with E-state index in [1.165, 1.54) is 0 Å². The van der Waals surface area contributed by atoms with E-state index >= 15 is 0 Å². The predicted octanol–water partition coefficient (Wildman–Crippen LogP) is 5.59. The van der Waals surface area contributed by atoms with Gasteiger partial charge >= 0.3 is 17.9 Å². The van der Waals surface area contributed by atoms with Gasteiger partial charge in [-0.1, -0.05) is 32.2 Å². The summed E-state index contributed by atoms with van der Waals surface area (Å²) in [5.41, 5.74) is 4.48. The number of carbonyl (C=O) groups is 3. The highest BCUT2D eigenvalue weighted by atomic mass is 16.5. The Morgan fingerprint density at radius 1 is 0.833 bits per heavy atom. The number of rotatable bonds is 9. The number of benzene rings is 3. The van der Waals surface area contributed by atoms with Crippen molar-refractivity contribution in [3.8, 4) is 28.4 Å². The molecule has 1 unspecified atom stereocenters. The molecule has 7 nitrogen and oxygen atoms in total. The van der Waals surface area contributed by atoms with Gasteiger partial charge in [0, 0.05) is 12.0 Å². The second-order valence-corrected chi connectivity index (χ2v) is 8.01. The Hall–Kier alpha value is -4.65. The maximum absolute atomic E-state index is 12.8. The van der Waals surface area contributed by atoms with Crippen molar-refractivity contribution in [3.63, 3.8) is 0 Å². The number of ether oxygens (including phenoxy) is 4. The quantitative estimate of drug-likeness (QED) is 0.169. The van der Waals surface area contributed by atoms with E-state index in [9.17, 15) is 14.4 Å². The van der Waals surface area contributed by atoms with E-state index in [-0.39, 0.29) is 18.9 Å². The summed E-state index contributed by atoms with van der Waals surface area (Å²) in [5, 5.41) is 0. The molecule has 0 spiro atoms. The Labute approximate surface area is 208 Å². The third kappa shape index (κ3) is 5.36. The van der Waals surface area contributed by atoms with Crippen LogP contribution in [0.1, 0.15) is 40.7 Å². The lowest BCUT2D eigenvalue weighted by atomic mass is 9.98. The standard InChI is InChI=1S/C29H24O7/c1-4-27(30)35-22-11-13-24-23-12-6-19(16-25(23)18(3)26(24)17-22)29(32)36-21-9-7-20(8-10-21)34-15-14-28(31)33-5-2/h4-13,16-18H,1-2,14-15H2,3H3. The van der Waals surface area contributed by atoms with Crippen LogP contribution in [0.2, 0.25) is 0 Å². The molecule has 1 aliphatic carbocycles. The summed E-state index contributed by atoms with van der Waals surface area (Å²) in [4.78, 5) is 35.7. The van der Waals surface area contributed by atoms with Gasteiger partial charge in [-0.05, 0) is 70.8 Å². The van der Waals surface area contributed by atoms with Crippen molar-refractivity contribution in [1.82, 2.24) is 0 Å². The second kappa shape index (κ2) is 10.7. The lowest BCUT2D eigenvalue weighted by molar-refractivity contribution is -0.138. The molecular formula is C29H24O7. The molecule has 3 aromatic carbocycles. The highest BCUT2D eigenvalue weighted by Crippen LogP contribution is 2.46. The summed E-state index contributed by atoms with van der Waals surface area (Å²) in [7, 11) is 0. The lowest BCUT2D eigenvalue weighted by Gasteiger charge is -2.10. The van der Waals surface area contributed by atoms with Gasteiger partial charge in [0.25, 0.3) is 0 Å². The molecule has 0 aliphatic heterocycles. The molecule has 0 bridgehead atoms. The molecule has 1 aliphatic rings. The topological polar surface area (TPSA) is 88.1 Å². The van der Waals surface area contributed by atoms with Gasteiger partial charge in [-0.3, -0.25) is 4.79 Å². The second-order valence-electron chi connectivity index (χ2n) is 8.01. The molecule has 36 heavy (non-hydrogen) atoms.